The Morgan fingerprint density at radius 1 is 0.808 bits per heavy atom. The van der Waals surface area contributed by atoms with Gasteiger partial charge in [-0.15, -0.1) is 0 Å². The van der Waals surface area contributed by atoms with Gasteiger partial charge < -0.3 is 28.7 Å². The molecule has 11 heteroatoms. The van der Waals surface area contributed by atoms with Crippen LogP contribution in [0.25, 0.3) is 0 Å². The molecular weight excluding hydrogens is 656 g/mol. The molecule has 0 radical (unpaired) electrons. The first kappa shape index (κ1) is 34.1. The highest BCUT2D eigenvalue weighted by Crippen LogP contribution is 2.36. The summed E-state index contributed by atoms with van der Waals surface area (Å²) < 4.78 is 24.4. The van der Waals surface area contributed by atoms with Crippen molar-refractivity contribution in [3.8, 4) is 35.2 Å². The van der Waals surface area contributed by atoms with Crippen LogP contribution in [-0.2, 0) is 18.0 Å². The largest absolute Gasteiger partial charge is 0.485 e. The minimum absolute atomic E-state index is 0.00190. The van der Waals surface area contributed by atoms with E-state index in [9.17, 15) is 10.1 Å². The van der Waals surface area contributed by atoms with Crippen LogP contribution >= 0.6 is 0 Å². The number of rotatable bonds is 11. The van der Waals surface area contributed by atoms with E-state index < -0.39 is 0 Å². The standard InChI is InChI=1S/C41H38N6O5/c1-46-22-19-43-39(46)33-13-8-14-34(24-33)51-40-44-35(32-17-20-47(21-18-32)41(48)50-28-30-11-6-3-7-12-30)25-38(45-40)52-37-23-31(26-42)15-16-36(37)49-27-29-9-4-2-5-10-29/h2-16,23-25,32H,17-22,27-28H2,1H3. The van der Waals surface area contributed by atoms with Gasteiger partial charge in [0.05, 0.1) is 23.9 Å². The molecule has 52 heavy (non-hydrogen) atoms. The Morgan fingerprint density at radius 2 is 1.56 bits per heavy atom. The van der Waals surface area contributed by atoms with Crippen molar-refractivity contribution in [2.45, 2.75) is 32.0 Å². The van der Waals surface area contributed by atoms with Gasteiger partial charge in [-0.2, -0.15) is 15.2 Å². The highest BCUT2D eigenvalue weighted by atomic mass is 16.6. The zero-order valence-electron chi connectivity index (χ0n) is 28.9. The highest BCUT2D eigenvalue weighted by molar-refractivity contribution is 5.99. The number of carbonyl (C=O) groups excluding carboxylic acids is 1. The first-order chi connectivity index (χ1) is 25.5. The molecule has 0 bridgehead atoms. The normalized spacial score (nSPS) is 14.3. The molecule has 4 aromatic carbocycles. The summed E-state index contributed by atoms with van der Waals surface area (Å²) in [4.78, 5) is 30.9. The van der Waals surface area contributed by atoms with Crippen molar-refractivity contribution in [2.24, 2.45) is 4.99 Å². The third kappa shape index (κ3) is 8.47. The summed E-state index contributed by atoms with van der Waals surface area (Å²) in [6.45, 7) is 3.16. The number of hydrogen-bond donors (Lipinski definition) is 0. The Kier molecular flexibility index (Phi) is 10.5. The molecule has 0 atom stereocenters. The second-order valence-corrected chi connectivity index (χ2v) is 12.6. The molecule has 5 aromatic rings. The van der Waals surface area contributed by atoms with E-state index in [0.29, 0.717) is 55.4 Å². The number of piperidine rings is 1. The molecule has 7 rings (SSSR count). The van der Waals surface area contributed by atoms with Crippen LogP contribution < -0.4 is 14.2 Å². The van der Waals surface area contributed by atoms with Gasteiger partial charge in [-0.25, -0.2) is 4.79 Å². The topological polar surface area (TPSA) is 122 Å². The number of carbonyl (C=O) groups is 1. The number of ether oxygens (including phenoxy) is 4. The fourth-order valence-corrected chi connectivity index (χ4v) is 6.17. The lowest BCUT2D eigenvalue weighted by Gasteiger charge is -2.31. The average Bonchev–Trinajstić information content (AvgIpc) is 3.63. The van der Waals surface area contributed by atoms with Crippen LogP contribution in [-0.4, -0.2) is 64.9 Å². The number of hydrogen-bond acceptors (Lipinski definition) is 10. The number of benzene rings is 4. The molecule has 262 valence electrons. The maximum absolute atomic E-state index is 12.9. The van der Waals surface area contributed by atoms with Crippen LogP contribution in [0.3, 0.4) is 0 Å². The molecular formula is C41H38N6O5. The summed E-state index contributed by atoms with van der Waals surface area (Å²) in [6.07, 6.45) is 0.983. The number of aliphatic imine (C=N–C) groups is 1. The van der Waals surface area contributed by atoms with Gasteiger partial charge in [0.25, 0.3) is 0 Å². The van der Waals surface area contributed by atoms with E-state index in [1.54, 1.807) is 29.2 Å². The van der Waals surface area contributed by atoms with Crippen LogP contribution in [0.1, 0.15) is 46.7 Å². The monoisotopic (exact) mass is 694 g/mol. The van der Waals surface area contributed by atoms with Crippen molar-refractivity contribution in [1.82, 2.24) is 19.8 Å². The third-order valence-electron chi connectivity index (χ3n) is 8.96. The molecule has 0 unspecified atom stereocenters. The minimum atomic E-state index is -0.337. The number of nitriles is 1. The molecule has 1 fully saturated rings. The number of likely N-dealkylation sites (tertiary alicyclic amines) is 1. The Balaban J connectivity index is 1.13. The van der Waals surface area contributed by atoms with Crippen LogP contribution in [0.4, 0.5) is 4.79 Å². The van der Waals surface area contributed by atoms with Crippen LogP contribution in [0.2, 0.25) is 0 Å². The predicted molar refractivity (Wildman–Crippen MR) is 195 cm³/mol. The molecule has 0 N–H and O–H groups in total. The lowest BCUT2D eigenvalue weighted by atomic mass is 9.93. The van der Waals surface area contributed by atoms with Crippen molar-refractivity contribution in [3.05, 3.63) is 137 Å². The van der Waals surface area contributed by atoms with Gasteiger partial charge in [0.1, 0.15) is 24.8 Å². The zero-order chi connectivity index (χ0) is 35.7. The van der Waals surface area contributed by atoms with E-state index in [1.807, 2.05) is 92.0 Å². The Morgan fingerprint density at radius 3 is 2.27 bits per heavy atom. The first-order valence-electron chi connectivity index (χ1n) is 17.3. The second-order valence-electron chi connectivity index (χ2n) is 12.6. The van der Waals surface area contributed by atoms with Crippen molar-refractivity contribution in [1.29, 1.82) is 5.26 Å². The average molecular weight is 695 g/mol. The fraction of sp³-hybridized carbons (Fsp3) is 0.244. The maximum atomic E-state index is 12.9. The van der Waals surface area contributed by atoms with Crippen molar-refractivity contribution in [2.75, 3.05) is 33.2 Å². The summed E-state index contributed by atoms with van der Waals surface area (Å²) >= 11 is 0. The quantitative estimate of drug-likeness (QED) is 0.137. The summed E-state index contributed by atoms with van der Waals surface area (Å²) in [7, 11) is 2.02. The predicted octanol–water partition coefficient (Wildman–Crippen LogP) is 7.72. The Hall–Kier alpha value is -6.41. The molecule has 0 saturated carbocycles. The molecule has 2 aliphatic heterocycles. The number of amidine groups is 1. The smallest absolute Gasteiger partial charge is 0.410 e. The molecule has 2 aliphatic rings. The third-order valence-corrected chi connectivity index (χ3v) is 8.96. The molecule has 11 nitrogen and oxygen atoms in total. The molecule has 1 amide bonds. The SMILES string of the molecule is CN1CCN=C1c1cccc(Oc2nc(Oc3cc(C#N)ccc3OCc3ccccc3)cc(C3CCN(C(=O)OCc4ccccc4)CC3)n2)c1. The molecule has 0 aliphatic carbocycles. The van der Waals surface area contributed by atoms with Gasteiger partial charge in [-0.3, -0.25) is 4.99 Å². The zero-order valence-corrected chi connectivity index (χ0v) is 28.9. The lowest BCUT2D eigenvalue weighted by molar-refractivity contribution is 0.0867. The van der Waals surface area contributed by atoms with Gasteiger partial charge in [0.15, 0.2) is 11.5 Å². The molecule has 0 spiro atoms. The van der Waals surface area contributed by atoms with E-state index in [0.717, 1.165) is 41.3 Å². The number of likely N-dealkylation sites (N-methyl/N-ethyl adjacent to an activating group) is 1. The van der Waals surface area contributed by atoms with E-state index in [4.69, 9.17) is 23.9 Å². The van der Waals surface area contributed by atoms with E-state index in [-0.39, 0.29) is 30.5 Å². The van der Waals surface area contributed by atoms with Crippen molar-refractivity contribution < 1.29 is 23.7 Å². The maximum Gasteiger partial charge on any atom is 0.410 e. The number of aromatic nitrogens is 2. The van der Waals surface area contributed by atoms with E-state index in [1.165, 1.54) is 0 Å². The van der Waals surface area contributed by atoms with Crippen LogP contribution in [0, 0.1) is 11.3 Å². The van der Waals surface area contributed by atoms with Gasteiger partial charge in [0.2, 0.25) is 5.88 Å². The van der Waals surface area contributed by atoms with Crippen LogP contribution in [0.5, 0.6) is 29.1 Å². The second kappa shape index (κ2) is 16.1. The van der Waals surface area contributed by atoms with Gasteiger partial charge in [-0.1, -0.05) is 72.8 Å². The van der Waals surface area contributed by atoms with Crippen LogP contribution in [0.15, 0.2) is 114 Å². The number of amides is 1. The minimum Gasteiger partial charge on any atom is -0.485 e. The summed E-state index contributed by atoms with van der Waals surface area (Å²) in [5.74, 6) is 2.49. The number of nitrogens with zero attached hydrogens (tertiary/aromatic N) is 6. The Labute approximate surface area is 302 Å². The Bertz CT molecular complexity index is 2080. The molecule has 1 aromatic heterocycles. The molecule has 3 heterocycles. The molecule has 1 saturated heterocycles. The van der Waals surface area contributed by atoms with Crippen molar-refractivity contribution in [3.63, 3.8) is 0 Å². The van der Waals surface area contributed by atoms with E-state index >= 15 is 0 Å². The van der Waals surface area contributed by atoms with Gasteiger partial charge in [-0.05, 0) is 48.2 Å². The fourth-order valence-electron chi connectivity index (χ4n) is 6.17. The highest BCUT2D eigenvalue weighted by Gasteiger charge is 2.27. The van der Waals surface area contributed by atoms with E-state index in [2.05, 4.69) is 20.9 Å². The van der Waals surface area contributed by atoms with Gasteiger partial charge in [0, 0.05) is 50.3 Å². The van der Waals surface area contributed by atoms with Crippen molar-refractivity contribution >= 4 is 11.9 Å². The summed E-state index contributed by atoms with van der Waals surface area (Å²) in [6, 6.07) is 36.2. The lowest BCUT2D eigenvalue weighted by Crippen LogP contribution is -2.38. The summed E-state index contributed by atoms with van der Waals surface area (Å²) in [5.41, 5.74) is 4.00. The summed E-state index contributed by atoms with van der Waals surface area (Å²) in [5, 5.41) is 9.68. The first-order valence-corrected chi connectivity index (χ1v) is 17.3. The van der Waals surface area contributed by atoms with Gasteiger partial charge >= 0.3 is 12.1 Å².